The first kappa shape index (κ1) is 24.2. The number of primary amides is 1. The molecule has 1 amide bonds. The van der Waals surface area contributed by atoms with Gasteiger partial charge in [-0.3, -0.25) is 19.3 Å². The van der Waals surface area contributed by atoms with Gasteiger partial charge in [-0.2, -0.15) is 0 Å². The number of benzene rings is 1. The van der Waals surface area contributed by atoms with Crippen molar-refractivity contribution in [3.8, 4) is 5.75 Å². The van der Waals surface area contributed by atoms with Crippen LogP contribution >= 0.6 is 11.6 Å². The van der Waals surface area contributed by atoms with Crippen molar-refractivity contribution in [1.82, 2.24) is 4.90 Å². The van der Waals surface area contributed by atoms with Gasteiger partial charge in [-0.1, -0.05) is 25.4 Å². The Hall–Kier alpha value is -2.92. The number of aliphatic hydroxyl groups excluding tert-OH is 3. The lowest BCUT2D eigenvalue weighted by Gasteiger charge is -2.54. The molecule has 0 aliphatic heterocycles. The molecule has 1 aromatic carbocycles. The highest BCUT2D eigenvalue weighted by Crippen LogP contribution is 2.57. The highest BCUT2D eigenvalue weighted by atomic mass is 35.5. The second-order valence-electron chi connectivity index (χ2n) is 9.01. The van der Waals surface area contributed by atoms with E-state index in [9.17, 15) is 39.9 Å². The van der Waals surface area contributed by atoms with E-state index in [1.807, 2.05) is 0 Å². The number of aliphatic hydroxyl groups is 4. The Morgan fingerprint density at radius 1 is 1.24 bits per heavy atom. The molecule has 4 rings (SSSR count). The van der Waals surface area contributed by atoms with E-state index in [1.165, 1.54) is 24.1 Å². The molecule has 0 saturated heterocycles. The van der Waals surface area contributed by atoms with Crippen LogP contribution in [0.5, 0.6) is 5.75 Å². The first-order valence-electron chi connectivity index (χ1n) is 10.7. The molecule has 1 fully saturated rings. The number of nitrogens with two attached hydrogens (primary N) is 1. The summed E-state index contributed by atoms with van der Waals surface area (Å²) in [5, 5.41) is 55.6. The number of hydrogen-bond donors (Lipinski definition) is 6. The zero-order valence-electron chi connectivity index (χ0n) is 18.6. The number of carbonyl (C=O) groups excluding carboxylic acids is 3. The SMILES string of the molecule is CCN(C)[C@@H]1C(=O)C(C(N)=O)=C(O)[C@@]2(O)C(=O)C3=C(O)c4c(O)ccc(Cl)c4C(C)C3C(O)C12. The molecule has 4 unspecified atom stereocenters. The van der Waals surface area contributed by atoms with Crippen molar-refractivity contribution in [2.75, 3.05) is 13.6 Å². The lowest BCUT2D eigenvalue weighted by atomic mass is 9.54. The van der Waals surface area contributed by atoms with Crippen molar-refractivity contribution < 1.29 is 39.9 Å². The number of aromatic hydroxyl groups is 1. The van der Waals surface area contributed by atoms with Crippen molar-refractivity contribution in [3.05, 3.63) is 45.2 Å². The summed E-state index contributed by atoms with van der Waals surface area (Å²) in [6.07, 6.45) is -1.65. The normalized spacial score (nSPS) is 33.1. The van der Waals surface area contributed by atoms with E-state index >= 15 is 0 Å². The molecular weight excluding hydrogens is 468 g/mol. The number of carbonyl (C=O) groups is 3. The Bertz CT molecular complexity index is 1210. The van der Waals surface area contributed by atoms with Gasteiger partial charge in [0.2, 0.25) is 5.78 Å². The number of likely N-dealkylation sites (N-methyl/N-ethyl adjacent to an activating group) is 1. The zero-order valence-corrected chi connectivity index (χ0v) is 19.4. The average molecular weight is 493 g/mol. The fourth-order valence-corrected chi connectivity index (χ4v) is 6.09. The van der Waals surface area contributed by atoms with E-state index in [0.717, 1.165) is 0 Å². The monoisotopic (exact) mass is 492 g/mol. The number of halogens is 1. The first-order valence-corrected chi connectivity index (χ1v) is 11.1. The molecule has 0 radical (unpaired) electrons. The molecular formula is C23H25ClN2O8. The molecule has 3 aliphatic carbocycles. The summed E-state index contributed by atoms with van der Waals surface area (Å²) >= 11 is 6.33. The maximum Gasteiger partial charge on any atom is 0.255 e. The number of phenolic OH excluding ortho intramolecular Hbond substituents is 1. The summed E-state index contributed by atoms with van der Waals surface area (Å²) < 4.78 is 0. The summed E-state index contributed by atoms with van der Waals surface area (Å²) in [7, 11) is 1.50. The number of Topliss-reactive ketones (excluding diaryl/α,β-unsaturated/α-hetero) is 2. The molecule has 1 saturated carbocycles. The van der Waals surface area contributed by atoms with Gasteiger partial charge in [-0.05, 0) is 37.2 Å². The Kier molecular flexibility index (Phi) is 5.56. The predicted molar refractivity (Wildman–Crippen MR) is 120 cm³/mol. The molecule has 0 spiro atoms. The van der Waals surface area contributed by atoms with Crippen LogP contribution in [0.2, 0.25) is 5.02 Å². The van der Waals surface area contributed by atoms with Crippen LogP contribution in [0.15, 0.2) is 29.0 Å². The largest absolute Gasteiger partial charge is 0.508 e. The second-order valence-corrected chi connectivity index (χ2v) is 9.42. The highest BCUT2D eigenvalue weighted by Gasteiger charge is 2.68. The number of fused-ring (bicyclic) bond motifs is 3. The van der Waals surface area contributed by atoms with E-state index in [1.54, 1.807) is 13.8 Å². The molecule has 7 N–H and O–H groups in total. The van der Waals surface area contributed by atoms with Crippen LogP contribution in [0.25, 0.3) is 5.76 Å². The van der Waals surface area contributed by atoms with Gasteiger partial charge >= 0.3 is 0 Å². The molecule has 3 aliphatic rings. The van der Waals surface area contributed by atoms with Gasteiger partial charge in [0.1, 0.15) is 22.8 Å². The number of phenols is 1. The molecule has 11 heteroatoms. The van der Waals surface area contributed by atoms with Gasteiger partial charge in [0.15, 0.2) is 11.4 Å². The van der Waals surface area contributed by atoms with Crippen molar-refractivity contribution in [2.45, 2.75) is 37.5 Å². The summed E-state index contributed by atoms with van der Waals surface area (Å²) in [4.78, 5) is 40.5. The third-order valence-electron chi connectivity index (χ3n) is 7.47. The minimum atomic E-state index is -2.93. The van der Waals surface area contributed by atoms with Gasteiger partial charge in [0.05, 0.1) is 23.6 Å². The highest BCUT2D eigenvalue weighted by molar-refractivity contribution is 6.32. The van der Waals surface area contributed by atoms with Gasteiger partial charge in [-0.25, -0.2) is 0 Å². The molecule has 34 heavy (non-hydrogen) atoms. The van der Waals surface area contributed by atoms with Crippen LogP contribution in [-0.4, -0.2) is 79.2 Å². The Morgan fingerprint density at radius 3 is 2.41 bits per heavy atom. The van der Waals surface area contributed by atoms with Gasteiger partial charge in [0, 0.05) is 16.5 Å². The lowest BCUT2D eigenvalue weighted by Crippen LogP contribution is -2.70. The number of amides is 1. The van der Waals surface area contributed by atoms with Crippen LogP contribution in [0.3, 0.4) is 0 Å². The number of hydrogen-bond acceptors (Lipinski definition) is 9. The maximum absolute atomic E-state index is 13.8. The van der Waals surface area contributed by atoms with Crippen LogP contribution in [0.4, 0.5) is 0 Å². The van der Waals surface area contributed by atoms with Crippen molar-refractivity contribution in [3.63, 3.8) is 0 Å². The third kappa shape index (κ3) is 2.83. The van der Waals surface area contributed by atoms with Crippen molar-refractivity contribution in [1.29, 1.82) is 0 Å². The van der Waals surface area contributed by atoms with E-state index < -0.39 is 75.6 Å². The van der Waals surface area contributed by atoms with Crippen LogP contribution in [-0.2, 0) is 14.4 Å². The van der Waals surface area contributed by atoms with E-state index in [4.69, 9.17) is 17.3 Å². The lowest BCUT2D eigenvalue weighted by molar-refractivity contribution is -0.170. The number of nitrogens with zero attached hydrogens (tertiary/aromatic N) is 1. The Morgan fingerprint density at radius 2 is 1.85 bits per heavy atom. The minimum absolute atomic E-state index is 0.137. The summed E-state index contributed by atoms with van der Waals surface area (Å²) in [5.74, 6) is -9.35. The first-order chi connectivity index (χ1) is 15.8. The van der Waals surface area contributed by atoms with E-state index in [0.29, 0.717) is 0 Å². The number of rotatable bonds is 3. The molecule has 0 bridgehead atoms. The Balaban J connectivity index is 2.08. The second kappa shape index (κ2) is 7.81. The molecule has 10 nitrogen and oxygen atoms in total. The molecule has 6 atom stereocenters. The number of ketones is 2. The standard InChI is InChI=1S/C23H25ClN2O8/c1-4-26(3)16-15-18(29)11-7(2)10-8(24)5-6-9(27)12(10)17(28)13(11)20(31)23(15,34)21(32)14(19(16)30)22(25)33/h5-7,11,15-16,18,27-29,32,34H,4H2,1-3H3,(H2,25,33)/t7?,11?,15?,16-,18?,23-/m0/s1. The van der Waals surface area contributed by atoms with Crippen LogP contribution in [0, 0.1) is 11.8 Å². The van der Waals surface area contributed by atoms with E-state index in [-0.39, 0.29) is 28.4 Å². The quantitative estimate of drug-likeness (QED) is 0.328. The van der Waals surface area contributed by atoms with Crippen molar-refractivity contribution in [2.24, 2.45) is 17.6 Å². The summed E-state index contributed by atoms with van der Waals surface area (Å²) in [6, 6.07) is 1.24. The minimum Gasteiger partial charge on any atom is -0.508 e. The molecule has 182 valence electrons. The third-order valence-corrected chi connectivity index (χ3v) is 7.80. The molecule has 0 heterocycles. The summed E-state index contributed by atoms with van der Waals surface area (Å²) in [5.41, 5.74) is 1.12. The van der Waals surface area contributed by atoms with E-state index in [2.05, 4.69) is 0 Å². The Labute approximate surface area is 199 Å². The topological polar surface area (TPSA) is 182 Å². The van der Waals surface area contributed by atoms with Gasteiger partial charge < -0.3 is 31.3 Å². The van der Waals surface area contributed by atoms with Crippen LogP contribution < -0.4 is 5.73 Å². The van der Waals surface area contributed by atoms with Gasteiger partial charge in [0.25, 0.3) is 5.91 Å². The maximum atomic E-state index is 13.8. The van der Waals surface area contributed by atoms with Gasteiger partial charge in [-0.15, -0.1) is 0 Å². The smallest absolute Gasteiger partial charge is 0.255 e. The molecule has 0 aromatic heterocycles. The van der Waals surface area contributed by atoms with Crippen molar-refractivity contribution >= 4 is 34.8 Å². The fourth-order valence-electron chi connectivity index (χ4n) is 5.76. The summed E-state index contributed by atoms with van der Waals surface area (Å²) in [6.45, 7) is 3.54. The predicted octanol–water partition coefficient (Wildman–Crippen LogP) is 0.539. The molecule has 1 aromatic rings. The average Bonchev–Trinajstić information content (AvgIpc) is 2.77. The van der Waals surface area contributed by atoms with Crippen LogP contribution in [0.1, 0.15) is 30.9 Å². The fraction of sp³-hybridized carbons (Fsp3) is 0.435. The zero-order chi connectivity index (χ0) is 25.4.